The summed E-state index contributed by atoms with van der Waals surface area (Å²) >= 11 is 0. The van der Waals surface area contributed by atoms with Gasteiger partial charge in [-0.05, 0) is 24.5 Å². The fourth-order valence-corrected chi connectivity index (χ4v) is 2.25. The Morgan fingerprint density at radius 3 is 2.48 bits per heavy atom. The van der Waals surface area contributed by atoms with Gasteiger partial charge >= 0.3 is 5.97 Å². The number of carboxylic acid groups (broad SMARTS) is 1. The molecule has 0 radical (unpaired) electrons. The van der Waals surface area contributed by atoms with Crippen molar-refractivity contribution in [1.82, 2.24) is 10.6 Å². The van der Waals surface area contributed by atoms with E-state index in [1.54, 1.807) is 6.07 Å². The molecule has 0 aliphatic heterocycles. The Hall–Kier alpha value is -2.95. The molecule has 0 spiro atoms. The molecular formula is C17H20FN3O4. The molecule has 0 heterocycles. The van der Waals surface area contributed by atoms with Crippen LogP contribution in [0.2, 0.25) is 0 Å². The second-order valence-corrected chi connectivity index (χ2v) is 5.50. The molecule has 0 aliphatic carbocycles. The fourth-order valence-electron chi connectivity index (χ4n) is 2.25. The lowest BCUT2D eigenvalue weighted by Crippen LogP contribution is -2.52. The quantitative estimate of drug-likeness (QED) is 0.578. The van der Waals surface area contributed by atoms with E-state index in [4.69, 9.17) is 5.26 Å². The molecule has 0 bridgehead atoms. The SMILES string of the molecule is CC(=O)N[C@H](Cc1ccccc1F)C(=O)N[C@@H](CCCC#N)C(=O)O. The molecule has 2 atom stereocenters. The summed E-state index contributed by atoms with van der Waals surface area (Å²) in [5, 5.41) is 22.4. The lowest BCUT2D eigenvalue weighted by Gasteiger charge is -2.21. The molecule has 3 N–H and O–H groups in total. The molecule has 0 aromatic heterocycles. The number of carbonyl (C=O) groups excluding carboxylic acids is 2. The van der Waals surface area contributed by atoms with Crippen LogP contribution in [0, 0.1) is 17.1 Å². The van der Waals surface area contributed by atoms with Crippen molar-refractivity contribution in [3.8, 4) is 6.07 Å². The highest BCUT2D eigenvalue weighted by Crippen LogP contribution is 2.10. The maximum Gasteiger partial charge on any atom is 0.326 e. The van der Waals surface area contributed by atoms with Crippen LogP contribution in [0.5, 0.6) is 0 Å². The molecule has 0 fully saturated rings. The number of amides is 2. The number of carboxylic acids is 1. The molecular weight excluding hydrogens is 329 g/mol. The van der Waals surface area contributed by atoms with Gasteiger partial charge in [0.05, 0.1) is 6.07 Å². The zero-order valence-corrected chi connectivity index (χ0v) is 13.8. The number of hydrogen-bond donors (Lipinski definition) is 3. The van der Waals surface area contributed by atoms with E-state index in [2.05, 4.69) is 10.6 Å². The Labute approximate surface area is 144 Å². The van der Waals surface area contributed by atoms with Gasteiger partial charge in [0.15, 0.2) is 0 Å². The molecule has 0 saturated carbocycles. The molecule has 8 heteroatoms. The number of nitriles is 1. The van der Waals surface area contributed by atoms with E-state index in [0.717, 1.165) is 0 Å². The first-order valence-corrected chi connectivity index (χ1v) is 7.75. The molecule has 7 nitrogen and oxygen atoms in total. The molecule has 2 amide bonds. The highest BCUT2D eigenvalue weighted by atomic mass is 19.1. The molecule has 1 rings (SSSR count). The summed E-state index contributed by atoms with van der Waals surface area (Å²) < 4.78 is 13.8. The van der Waals surface area contributed by atoms with E-state index in [9.17, 15) is 23.9 Å². The summed E-state index contributed by atoms with van der Waals surface area (Å²) in [5.74, 6) is -2.97. The largest absolute Gasteiger partial charge is 0.480 e. The van der Waals surface area contributed by atoms with E-state index in [1.807, 2.05) is 6.07 Å². The van der Waals surface area contributed by atoms with Crippen molar-refractivity contribution in [2.24, 2.45) is 0 Å². The minimum Gasteiger partial charge on any atom is -0.480 e. The van der Waals surface area contributed by atoms with Crippen molar-refractivity contribution >= 4 is 17.8 Å². The molecule has 134 valence electrons. The third-order valence-corrected chi connectivity index (χ3v) is 3.47. The number of unbranched alkanes of at least 4 members (excludes halogenated alkanes) is 1. The third kappa shape index (κ3) is 6.99. The first-order valence-electron chi connectivity index (χ1n) is 7.75. The number of carbonyl (C=O) groups is 3. The van der Waals surface area contributed by atoms with Crippen molar-refractivity contribution in [3.63, 3.8) is 0 Å². The predicted octanol–water partition coefficient (Wildman–Crippen LogP) is 1.14. The number of halogens is 1. The van der Waals surface area contributed by atoms with Crippen molar-refractivity contribution in [3.05, 3.63) is 35.6 Å². The van der Waals surface area contributed by atoms with Gasteiger partial charge in [-0.25, -0.2) is 9.18 Å². The van der Waals surface area contributed by atoms with Crippen LogP contribution >= 0.6 is 0 Å². The molecule has 25 heavy (non-hydrogen) atoms. The topological polar surface area (TPSA) is 119 Å². The van der Waals surface area contributed by atoms with Crippen molar-refractivity contribution in [2.45, 2.75) is 44.7 Å². The predicted molar refractivity (Wildman–Crippen MR) is 86.7 cm³/mol. The van der Waals surface area contributed by atoms with E-state index < -0.39 is 35.7 Å². The van der Waals surface area contributed by atoms with Crippen LogP contribution in [-0.4, -0.2) is 35.0 Å². The fraction of sp³-hybridized carbons (Fsp3) is 0.412. The van der Waals surface area contributed by atoms with Gasteiger partial charge in [-0.1, -0.05) is 18.2 Å². The molecule has 1 aromatic rings. The van der Waals surface area contributed by atoms with Crippen LogP contribution in [0.15, 0.2) is 24.3 Å². The molecule has 0 saturated heterocycles. The van der Waals surface area contributed by atoms with Gasteiger partial charge in [-0.2, -0.15) is 5.26 Å². The summed E-state index contributed by atoms with van der Waals surface area (Å²) in [7, 11) is 0. The van der Waals surface area contributed by atoms with Crippen LogP contribution in [0.1, 0.15) is 31.7 Å². The standard InChI is InChI=1S/C17H20FN3O4/c1-11(22)20-15(10-12-6-2-3-7-13(12)18)16(23)21-14(17(24)25)8-4-5-9-19/h2-3,6-7,14-15H,4-5,8,10H2,1H3,(H,20,22)(H,21,23)(H,24,25)/t14-,15+/m0/s1. The van der Waals surface area contributed by atoms with Crippen molar-refractivity contribution < 1.29 is 23.9 Å². The highest BCUT2D eigenvalue weighted by molar-refractivity contribution is 5.90. The van der Waals surface area contributed by atoms with Gasteiger partial charge in [-0.3, -0.25) is 9.59 Å². The minimum absolute atomic E-state index is 0.0844. The maximum atomic E-state index is 13.8. The number of nitrogens with zero attached hydrogens (tertiary/aromatic N) is 1. The average Bonchev–Trinajstić information content (AvgIpc) is 2.54. The summed E-state index contributed by atoms with van der Waals surface area (Å²) in [6.45, 7) is 1.21. The van der Waals surface area contributed by atoms with Crippen LogP contribution in [0.4, 0.5) is 4.39 Å². The highest BCUT2D eigenvalue weighted by Gasteiger charge is 2.26. The van der Waals surface area contributed by atoms with Crippen molar-refractivity contribution in [1.29, 1.82) is 5.26 Å². The van der Waals surface area contributed by atoms with Gasteiger partial charge in [0.25, 0.3) is 0 Å². The van der Waals surface area contributed by atoms with Crippen LogP contribution in [-0.2, 0) is 20.8 Å². The molecule has 0 unspecified atom stereocenters. The Bertz CT molecular complexity index is 672. The van der Waals surface area contributed by atoms with Crippen LogP contribution in [0.25, 0.3) is 0 Å². The second kappa shape index (κ2) is 10.0. The first-order chi connectivity index (χ1) is 11.8. The van der Waals surface area contributed by atoms with Gasteiger partial charge in [0, 0.05) is 19.8 Å². The molecule has 0 aliphatic rings. The van der Waals surface area contributed by atoms with Crippen LogP contribution < -0.4 is 10.6 Å². The van der Waals surface area contributed by atoms with Gasteiger partial charge in [0.1, 0.15) is 17.9 Å². The Balaban J connectivity index is 2.84. The van der Waals surface area contributed by atoms with E-state index in [-0.39, 0.29) is 24.8 Å². The summed E-state index contributed by atoms with van der Waals surface area (Å²) in [4.78, 5) is 34.9. The number of benzene rings is 1. The zero-order chi connectivity index (χ0) is 18.8. The Morgan fingerprint density at radius 2 is 1.92 bits per heavy atom. The second-order valence-electron chi connectivity index (χ2n) is 5.50. The minimum atomic E-state index is -1.24. The lowest BCUT2D eigenvalue weighted by molar-refractivity contribution is -0.142. The third-order valence-electron chi connectivity index (χ3n) is 3.47. The molecule has 1 aromatic carbocycles. The smallest absolute Gasteiger partial charge is 0.326 e. The number of aliphatic carboxylic acids is 1. The van der Waals surface area contributed by atoms with Crippen molar-refractivity contribution in [2.75, 3.05) is 0 Å². The lowest BCUT2D eigenvalue weighted by atomic mass is 10.0. The first kappa shape index (κ1) is 20.1. The monoisotopic (exact) mass is 349 g/mol. The Kier molecular flexibility index (Phi) is 8.06. The maximum absolute atomic E-state index is 13.8. The Morgan fingerprint density at radius 1 is 1.24 bits per heavy atom. The average molecular weight is 349 g/mol. The normalized spacial score (nSPS) is 12.5. The number of rotatable bonds is 9. The van der Waals surface area contributed by atoms with E-state index in [1.165, 1.54) is 25.1 Å². The van der Waals surface area contributed by atoms with Gasteiger partial charge < -0.3 is 15.7 Å². The van der Waals surface area contributed by atoms with Gasteiger partial charge in [-0.15, -0.1) is 0 Å². The van der Waals surface area contributed by atoms with E-state index >= 15 is 0 Å². The van der Waals surface area contributed by atoms with Gasteiger partial charge in [0.2, 0.25) is 11.8 Å². The zero-order valence-electron chi connectivity index (χ0n) is 13.8. The summed E-state index contributed by atoms with van der Waals surface area (Å²) in [6.07, 6.45) is 0.458. The summed E-state index contributed by atoms with van der Waals surface area (Å²) in [5.41, 5.74) is 0.229. The van der Waals surface area contributed by atoms with Crippen LogP contribution in [0.3, 0.4) is 0 Å². The number of nitrogens with one attached hydrogen (secondary N) is 2. The summed E-state index contributed by atoms with van der Waals surface area (Å²) in [6, 6.07) is 5.44. The number of hydrogen-bond acceptors (Lipinski definition) is 4. The van der Waals surface area contributed by atoms with E-state index in [0.29, 0.717) is 6.42 Å².